The number of phenols is 1. The standard InChI is InChI=1S/C32H24O9/c1-20(33)38-29-9-5-3-7-27(29)31(36)40-25-15-13-22(14-16-25)11-12-23-17-24(35)19-26(18-23)41-32(37)28-8-4-6-10-30(28)39-21(2)34/h3-19,35H,1-2H3/b12-11+. The van der Waals surface area contributed by atoms with Gasteiger partial charge in [0.25, 0.3) is 0 Å². The van der Waals surface area contributed by atoms with Crippen molar-refractivity contribution in [2.75, 3.05) is 0 Å². The molecule has 4 aromatic rings. The van der Waals surface area contributed by atoms with E-state index in [0.29, 0.717) is 5.56 Å². The van der Waals surface area contributed by atoms with Crippen molar-refractivity contribution in [3.63, 3.8) is 0 Å². The molecule has 9 heteroatoms. The van der Waals surface area contributed by atoms with Crippen LogP contribution in [0, 0.1) is 0 Å². The number of hydrogen-bond acceptors (Lipinski definition) is 9. The number of esters is 4. The van der Waals surface area contributed by atoms with Crippen molar-refractivity contribution in [3.8, 4) is 28.7 Å². The summed E-state index contributed by atoms with van der Waals surface area (Å²) in [7, 11) is 0. The van der Waals surface area contributed by atoms with Gasteiger partial charge in [-0.05, 0) is 59.7 Å². The van der Waals surface area contributed by atoms with Gasteiger partial charge in [0.15, 0.2) is 0 Å². The van der Waals surface area contributed by atoms with Crippen molar-refractivity contribution >= 4 is 36.0 Å². The van der Waals surface area contributed by atoms with Crippen LogP contribution in [0.15, 0.2) is 91.0 Å². The molecule has 0 heterocycles. The summed E-state index contributed by atoms with van der Waals surface area (Å²) in [6, 6.07) is 23.4. The van der Waals surface area contributed by atoms with Gasteiger partial charge in [-0.2, -0.15) is 0 Å². The number of rotatable bonds is 8. The summed E-state index contributed by atoms with van der Waals surface area (Å²) in [4.78, 5) is 48.0. The van der Waals surface area contributed by atoms with Crippen LogP contribution in [0.2, 0.25) is 0 Å². The molecule has 0 bridgehead atoms. The fraction of sp³-hybridized carbons (Fsp3) is 0.0625. The lowest BCUT2D eigenvalue weighted by molar-refractivity contribution is -0.132. The minimum absolute atomic E-state index is 0.0544. The molecule has 0 unspecified atom stereocenters. The maximum atomic E-state index is 12.7. The van der Waals surface area contributed by atoms with Crippen LogP contribution in [0.4, 0.5) is 0 Å². The Hall–Kier alpha value is -5.70. The SMILES string of the molecule is CC(=O)Oc1ccccc1C(=O)Oc1ccc(/C=C/c2cc(O)cc(OC(=O)c3ccccc3OC(C)=O)c2)cc1. The second-order valence-electron chi connectivity index (χ2n) is 8.62. The highest BCUT2D eigenvalue weighted by atomic mass is 16.6. The molecule has 0 radical (unpaired) electrons. The summed E-state index contributed by atoms with van der Waals surface area (Å²) in [5, 5.41) is 10.2. The summed E-state index contributed by atoms with van der Waals surface area (Å²) in [5.74, 6) is -2.16. The van der Waals surface area contributed by atoms with Gasteiger partial charge >= 0.3 is 23.9 Å². The smallest absolute Gasteiger partial charge is 0.347 e. The zero-order valence-electron chi connectivity index (χ0n) is 22.0. The summed E-state index contributed by atoms with van der Waals surface area (Å²) in [6.45, 7) is 2.47. The third-order valence-electron chi connectivity index (χ3n) is 5.40. The van der Waals surface area contributed by atoms with Crippen molar-refractivity contribution in [1.82, 2.24) is 0 Å². The van der Waals surface area contributed by atoms with Crippen molar-refractivity contribution in [2.45, 2.75) is 13.8 Å². The molecule has 206 valence electrons. The van der Waals surface area contributed by atoms with E-state index >= 15 is 0 Å². The second-order valence-corrected chi connectivity index (χ2v) is 8.62. The summed E-state index contributed by atoms with van der Waals surface area (Å²) in [6.07, 6.45) is 3.44. The number of para-hydroxylation sites is 2. The van der Waals surface area contributed by atoms with Gasteiger partial charge in [-0.1, -0.05) is 48.6 Å². The highest BCUT2D eigenvalue weighted by molar-refractivity contribution is 5.95. The van der Waals surface area contributed by atoms with E-state index in [1.807, 2.05) is 0 Å². The maximum Gasteiger partial charge on any atom is 0.347 e. The van der Waals surface area contributed by atoms with Gasteiger partial charge in [0.1, 0.15) is 39.9 Å². The van der Waals surface area contributed by atoms with Crippen molar-refractivity contribution in [1.29, 1.82) is 0 Å². The molecular formula is C32H24O9. The normalized spacial score (nSPS) is 10.6. The van der Waals surface area contributed by atoms with E-state index in [1.54, 1.807) is 66.7 Å². The Morgan fingerprint density at radius 3 is 1.59 bits per heavy atom. The van der Waals surface area contributed by atoms with Crippen LogP contribution in [0.5, 0.6) is 28.7 Å². The van der Waals surface area contributed by atoms with Crippen molar-refractivity contribution < 1.29 is 43.2 Å². The molecule has 0 aliphatic rings. The maximum absolute atomic E-state index is 12.7. The lowest BCUT2D eigenvalue weighted by atomic mass is 10.1. The Kier molecular flexibility index (Phi) is 8.91. The first-order valence-corrected chi connectivity index (χ1v) is 12.3. The lowest BCUT2D eigenvalue weighted by Crippen LogP contribution is -2.12. The predicted molar refractivity (Wildman–Crippen MR) is 149 cm³/mol. The molecule has 1 N–H and O–H groups in total. The van der Waals surface area contributed by atoms with E-state index in [1.165, 1.54) is 50.2 Å². The molecule has 0 saturated heterocycles. The number of ether oxygens (including phenoxy) is 4. The van der Waals surface area contributed by atoms with Crippen LogP contribution >= 0.6 is 0 Å². The summed E-state index contributed by atoms with van der Waals surface area (Å²) >= 11 is 0. The van der Waals surface area contributed by atoms with E-state index in [4.69, 9.17) is 18.9 Å². The van der Waals surface area contributed by atoms with Crippen LogP contribution in [0.1, 0.15) is 45.7 Å². The Morgan fingerprint density at radius 1 is 0.561 bits per heavy atom. The molecule has 0 spiro atoms. The van der Waals surface area contributed by atoms with Gasteiger partial charge in [0, 0.05) is 19.9 Å². The van der Waals surface area contributed by atoms with E-state index in [9.17, 15) is 24.3 Å². The van der Waals surface area contributed by atoms with Crippen LogP contribution < -0.4 is 18.9 Å². The van der Waals surface area contributed by atoms with Gasteiger partial charge in [0.2, 0.25) is 0 Å². The number of aromatic hydroxyl groups is 1. The first-order valence-electron chi connectivity index (χ1n) is 12.3. The van der Waals surface area contributed by atoms with E-state index < -0.39 is 23.9 Å². The van der Waals surface area contributed by atoms with Gasteiger partial charge in [-0.3, -0.25) is 9.59 Å². The third kappa shape index (κ3) is 7.90. The van der Waals surface area contributed by atoms with E-state index in [-0.39, 0.29) is 39.9 Å². The molecule has 0 saturated carbocycles. The first kappa shape index (κ1) is 28.3. The molecule has 0 aromatic heterocycles. The van der Waals surface area contributed by atoms with E-state index in [0.717, 1.165) is 5.56 Å². The fourth-order valence-electron chi connectivity index (χ4n) is 3.68. The highest BCUT2D eigenvalue weighted by Crippen LogP contribution is 2.27. The molecule has 0 fully saturated rings. The molecule has 41 heavy (non-hydrogen) atoms. The van der Waals surface area contributed by atoms with Gasteiger partial charge in [0.05, 0.1) is 0 Å². The fourth-order valence-corrected chi connectivity index (χ4v) is 3.68. The Balaban J connectivity index is 1.43. The van der Waals surface area contributed by atoms with Gasteiger partial charge in [-0.25, -0.2) is 9.59 Å². The number of carbonyl (C=O) groups excluding carboxylic acids is 4. The first-order chi connectivity index (χ1) is 19.7. The zero-order chi connectivity index (χ0) is 29.4. The summed E-state index contributed by atoms with van der Waals surface area (Å²) in [5.41, 5.74) is 1.46. The summed E-state index contributed by atoms with van der Waals surface area (Å²) < 4.78 is 21.0. The largest absolute Gasteiger partial charge is 0.508 e. The quantitative estimate of drug-likeness (QED) is 0.163. The van der Waals surface area contributed by atoms with Crippen LogP contribution in [-0.4, -0.2) is 29.0 Å². The third-order valence-corrected chi connectivity index (χ3v) is 5.40. The minimum atomic E-state index is -0.761. The lowest BCUT2D eigenvalue weighted by Gasteiger charge is -2.10. The minimum Gasteiger partial charge on any atom is -0.508 e. The van der Waals surface area contributed by atoms with Crippen molar-refractivity contribution in [3.05, 3.63) is 113 Å². The number of phenolic OH excluding ortho intramolecular Hbond substituents is 1. The van der Waals surface area contributed by atoms with Crippen LogP contribution in [0.3, 0.4) is 0 Å². The molecule has 0 aliphatic carbocycles. The molecule has 4 aromatic carbocycles. The molecule has 0 aliphatic heterocycles. The van der Waals surface area contributed by atoms with E-state index in [2.05, 4.69) is 0 Å². The zero-order valence-corrected chi connectivity index (χ0v) is 22.0. The highest BCUT2D eigenvalue weighted by Gasteiger charge is 2.17. The molecular weight excluding hydrogens is 528 g/mol. The van der Waals surface area contributed by atoms with Crippen LogP contribution in [-0.2, 0) is 9.59 Å². The van der Waals surface area contributed by atoms with Crippen molar-refractivity contribution in [2.24, 2.45) is 0 Å². The van der Waals surface area contributed by atoms with Crippen LogP contribution in [0.25, 0.3) is 12.2 Å². The number of hydrogen-bond donors (Lipinski definition) is 1. The number of benzene rings is 4. The van der Waals surface area contributed by atoms with Gasteiger partial charge < -0.3 is 24.1 Å². The second kappa shape index (κ2) is 12.9. The Bertz CT molecular complexity index is 1640. The Labute approximate surface area is 235 Å². The molecule has 9 nitrogen and oxygen atoms in total. The van der Waals surface area contributed by atoms with Gasteiger partial charge in [-0.15, -0.1) is 0 Å². The average Bonchev–Trinajstić information content (AvgIpc) is 2.92. The molecule has 0 atom stereocenters. The topological polar surface area (TPSA) is 125 Å². The Morgan fingerprint density at radius 2 is 1.05 bits per heavy atom. The monoisotopic (exact) mass is 552 g/mol. The molecule has 0 amide bonds. The predicted octanol–water partition coefficient (Wildman–Crippen LogP) is 5.85. The molecule has 4 rings (SSSR count). The number of carbonyl (C=O) groups is 4. The average molecular weight is 553 g/mol.